The molecule has 2 heterocycles. The van der Waals surface area contributed by atoms with E-state index < -0.39 is 23.7 Å². The second-order valence-corrected chi connectivity index (χ2v) is 7.04. The van der Waals surface area contributed by atoms with Gasteiger partial charge in [-0.05, 0) is 57.3 Å². The topological polar surface area (TPSA) is 153 Å². The van der Waals surface area contributed by atoms with E-state index in [2.05, 4.69) is 41.2 Å². The number of hydrogen-bond donors (Lipinski definition) is 4. The van der Waals surface area contributed by atoms with E-state index >= 15 is 0 Å². The van der Waals surface area contributed by atoms with E-state index in [-0.39, 0.29) is 34.1 Å². The first-order chi connectivity index (χ1) is 13.9. The van der Waals surface area contributed by atoms with Crippen LogP contribution in [-0.2, 0) is 4.79 Å². The highest BCUT2D eigenvalue weighted by Gasteiger charge is 2.30. The standard InChI is InChI=1S/C16H16BrFN6O5/c17-10-6-9(3-4-11(10)18)19-13(21-28)12-14(23-29-22-12)20-15(25)8-2-1-5-24(7-8)16(26)27/h3-4,6,8,28H,1-2,5,7H2,(H,19,21)(H,26,27)(H,20,23,25). The Morgan fingerprint density at radius 3 is 2.86 bits per heavy atom. The van der Waals surface area contributed by atoms with Gasteiger partial charge in [-0.25, -0.2) is 18.8 Å². The Kier molecular flexibility index (Phi) is 6.39. The smallest absolute Gasteiger partial charge is 0.407 e. The third-order valence-corrected chi connectivity index (χ3v) is 4.87. The van der Waals surface area contributed by atoms with Gasteiger partial charge in [0.25, 0.3) is 0 Å². The Hall–Kier alpha value is -3.06. The van der Waals surface area contributed by atoms with Crippen molar-refractivity contribution in [3.8, 4) is 0 Å². The summed E-state index contributed by atoms with van der Waals surface area (Å²) in [6, 6.07) is 3.92. The zero-order valence-electron chi connectivity index (χ0n) is 14.8. The van der Waals surface area contributed by atoms with Crippen molar-refractivity contribution >= 4 is 45.3 Å². The van der Waals surface area contributed by atoms with Gasteiger partial charge in [-0.15, -0.1) is 0 Å². The minimum atomic E-state index is -1.09. The third-order valence-electron chi connectivity index (χ3n) is 4.27. The number of carboxylic acid groups (broad SMARTS) is 1. The zero-order chi connectivity index (χ0) is 21.0. The van der Waals surface area contributed by atoms with Crippen LogP contribution in [0, 0.1) is 11.7 Å². The molecule has 2 aromatic rings. The Balaban J connectivity index is 1.78. The van der Waals surface area contributed by atoms with Crippen LogP contribution >= 0.6 is 15.9 Å². The summed E-state index contributed by atoms with van der Waals surface area (Å²) in [5.74, 6) is -1.82. The van der Waals surface area contributed by atoms with Crippen LogP contribution in [0.1, 0.15) is 18.5 Å². The second kappa shape index (κ2) is 8.96. The van der Waals surface area contributed by atoms with Crippen LogP contribution in [0.4, 0.5) is 20.7 Å². The van der Waals surface area contributed by atoms with Crippen LogP contribution in [0.5, 0.6) is 0 Å². The molecule has 0 spiro atoms. The van der Waals surface area contributed by atoms with E-state index in [1.807, 2.05) is 5.48 Å². The monoisotopic (exact) mass is 470 g/mol. The summed E-state index contributed by atoms with van der Waals surface area (Å²) in [6.45, 7) is 0.429. The molecule has 154 valence electrons. The lowest BCUT2D eigenvalue weighted by atomic mass is 9.97. The van der Waals surface area contributed by atoms with Crippen LogP contribution in [0.3, 0.4) is 0 Å². The average molecular weight is 471 g/mol. The molecule has 1 aromatic heterocycles. The van der Waals surface area contributed by atoms with E-state index in [4.69, 9.17) is 5.11 Å². The number of hydroxylamine groups is 1. The summed E-state index contributed by atoms with van der Waals surface area (Å²) in [5.41, 5.74) is 2.03. The molecule has 11 nitrogen and oxygen atoms in total. The van der Waals surface area contributed by atoms with Gasteiger partial charge < -0.3 is 15.3 Å². The summed E-state index contributed by atoms with van der Waals surface area (Å²) in [5, 5.41) is 28.3. The van der Waals surface area contributed by atoms with Crippen molar-refractivity contribution < 1.29 is 28.9 Å². The number of piperidine rings is 1. The zero-order valence-corrected chi connectivity index (χ0v) is 16.4. The number of benzene rings is 1. The fraction of sp³-hybridized carbons (Fsp3) is 0.312. The first-order valence-corrected chi connectivity index (χ1v) is 9.24. The minimum absolute atomic E-state index is 0.0601. The summed E-state index contributed by atoms with van der Waals surface area (Å²) in [6.07, 6.45) is -0.0202. The number of halogens is 2. The molecule has 1 saturated heterocycles. The number of aromatic nitrogens is 2. The third kappa shape index (κ3) is 4.86. The quantitative estimate of drug-likeness (QED) is 0.301. The largest absolute Gasteiger partial charge is 0.465 e. The molecule has 1 atom stereocenters. The molecule has 0 aliphatic carbocycles. The fourth-order valence-electron chi connectivity index (χ4n) is 2.82. The fourth-order valence-corrected chi connectivity index (χ4v) is 3.19. The van der Waals surface area contributed by atoms with Crippen molar-refractivity contribution in [2.45, 2.75) is 12.8 Å². The molecule has 3 rings (SSSR count). The average Bonchev–Trinajstić information content (AvgIpc) is 3.16. The van der Waals surface area contributed by atoms with E-state index in [0.29, 0.717) is 19.4 Å². The molecular formula is C16H16BrFN6O5. The van der Waals surface area contributed by atoms with E-state index in [9.17, 15) is 19.2 Å². The van der Waals surface area contributed by atoms with Gasteiger partial charge in [0.05, 0.1) is 16.1 Å². The summed E-state index contributed by atoms with van der Waals surface area (Å²) in [4.78, 5) is 28.9. The number of hydrogen-bond acceptors (Lipinski definition) is 7. The molecule has 1 aliphatic rings. The van der Waals surface area contributed by atoms with Crippen LogP contribution in [-0.4, -0.2) is 56.5 Å². The van der Waals surface area contributed by atoms with E-state index in [1.54, 1.807) is 0 Å². The normalized spacial score (nSPS) is 17.1. The Morgan fingerprint density at radius 1 is 1.38 bits per heavy atom. The number of rotatable bonds is 4. The Labute approximate surface area is 171 Å². The Morgan fingerprint density at radius 2 is 2.17 bits per heavy atom. The maximum Gasteiger partial charge on any atom is 0.407 e. The van der Waals surface area contributed by atoms with Crippen LogP contribution in [0.15, 0.2) is 32.3 Å². The highest BCUT2D eigenvalue weighted by Crippen LogP contribution is 2.24. The molecule has 0 saturated carbocycles. The number of aliphatic imine (C=N–C) groups is 1. The molecule has 1 aromatic carbocycles. The van der Waals surface area contributed by atoms with Crippen LogP contribution in [0.25, 0.3) is 0 Å². The van der Waals surface area contributed by atoms with Crippen LogP contribution in [0.2, 0.25) is 0 Å². The van der Waals surface area contributed by atoms with Crippen LogP contribution < -0.4 is 10.8 Å². The van der Waals surface area contributed by atoms with E-state index in [0.717, 1.165) is 0 Å². The van der Waals surface area contributed by atoms with Gasteiger partial charge in [0, 0.05) is 13.1 Å². The number of carbonyl (C=O) groups is 2. The number of amides is 2. The van der Waals surface area contributed by atoms with Gasteiger partial charge >= 0.3 is 6.09 Å². The van der Waals surface area contributed by atoms with Crippen molar-refractivity contribution in [1.29, 1.82) is 0 Å². The lowest BCUT2D eigenvalue weighted by molar-refractivity contribution is -0.121. The summed E-state index contributed by atoms with van der Waals surface area (Å²) >= 11 is 3.04. The van der Waals surface area contributed by atoms with Gasteiger partial charge in [-0.2, -0.15) is 0 Å². The number of likely N-dealkylation sites (tertiary alicyclic amines) is 1. The SMILES string of the molecule is O=C(Nc1nonc1C(=Nc1ccc(F)c(Br)c1)NO)C1CCCN(C(=O)O)C1. The number of amidine groups is 1. The highest BCUT2D eigenvalue weighted by atomic mass is 79.9. The molecule has 0 radical (unpaired) electrons. The summed E-state index contributed by atoms with van der Waals surface area (Å²) in [7, 11) is 0. The molecule has 1 aliphatic heterocycles. The number of nitrogens with zero attached hydrogens (tertiary/aromatic N) is 4. The predicted octanol–water partition coefficient (Wildman–Crippen LogP) is 2.36. The Bertz CT molecular complexity index is 952. The van der Waals surface area contributed by atoms with Crippen molar-refractivity contribution in [2.24, 2.45) is 10.9 Å². The molecule has 4 N–H and O–H groups in total. The lowest BCUT2D eigenvalue weighted by Gasteiger charge is -2.29. The van der Waals surface area contributed by atoms with Gasteiger partial charge in [-0.3, -0.25) is 15.5 Å². The van der Waals surface area contributed by atoms with Gasteiger partial charge in [0.15, 0.2) is 11.5 Å². The number of carbonyl (C=O) groups excluding carboxylic acids is 1. The number of anilines is 1. The molecule has 1 unspecified atom stereocenters. The molecule has 1 fully saturated rings. The summed E-state index contributed by atoms with van der Waals surface area (Å²) < 4.78 is 18.2. The minimum Gasteiger partial charge on any atom is -0.465 e. The van der Waals surface area contributed by atoms with Crippen molar-refractivity contribution in [3.05, 3.63) is 34.2 Å². The van der Waals surface area contributed by atoms with Gasteiger partial charge in [0.2, 0.25) is 11.7 Å². The molecule has 29 heavy (non-hydrogen) atoms. The lowest BCUT2D eigenvalue weighted by Crippen LogP contribution is -2.43. The van der Waals surface area contributed by atoms with Gasteiger partial charge in [0.1, 0.15) is 5.82 Å². The predicted molar refractivity (Wildman–Crippen MR) is 100 cm³/mol. The van der Waals surface area contributed by atoms with Crippen molar-refractivity contribution in [2.75, 3.05) is 18.4 Å². The molecular weight excluding hydrogens is 455 g/mol. The maximum atomic E-state index is 13.4. The van der Waals surface area contributed by atoms with E-state index in [1.165, 1.54) is 23.1 Å². The number of nitrogens with one attached hydrogen (secondary N) is 2. The molecule has 0 bridgehead atoms. The van der Waals surface area contributed by atoms with Gasteiger partial charge in [-0.1, -0.05) is 0 Å². The highest BCUT2D eigenvalue weighted by molar-refractivity contribution is 9.10. The second-order valence-electron chi connectivity index (χ2n) is 6.19. The molecule has 13 heteroatoms. The van der Waals surface area contributed by atoms with Crippen molar-refractivity contribution in [1.82, 2.24) is 20.7 Å². The molecule has 2 amide bonds. The van der Waals surface area contributed by atoms with Crippen molar-refractivity contribution in [3.63, 3.8) is 0 Å². The first-order valence-electron chi connectivity index (χ1n) is 8.44. The maximum absolute atomic E-state index is 13.4. The first kappa shape index (κ1) is 20.7.